The van der Waals surface area contributed by atoms with Gasteiger partial charge in [-0.3, -0.25) is 9.59 Å². The van der Waals surface area contributed by atoms with E-state index in [1.807, 2.05) is 38.0 Å². The SMILES string of the molecule is CN(C)CCNc1cc(O)c2c(c1NCCN(C)C)C(=O)c1c(O)cccc1C2=O. The van der Waals surface area contributed by atoms with E-state index in [2.05, 4.69) is 10.6 Å². The number of phenols is 2. The number of likely N-dealkylation sites (N-methyl/N-ethyl adjacent to an activating group) is 2. The number of phenolic OH excluding ortho intramolecular Hbond substituents is 2. The monoisotopic (exact) mass is 412 g/mol. The molecule has 2 aromatic rings. The number of anilines is 2. The Balaban J connectivity index is 2.13. The average Bonchev–Trinajstić information content (AvgIpc) is 2.66. The van der Waals surface area contributed by atoms with Gasteiger partial charge < -0.3 is 30.6 Å². The van der Waals surface area contributed by atoms with Crippen LogP contribution in [0.25, 0.3) is 0 Å². The van der Waals surface area contributed by atoms with E-state index in [0.717, 1.165) is 6.54 Å². The fourth-order valence-corrected chi connectivity index (χ4v) is 3.50. The molecule has 2 aromatic carbocycles. The normalized spacial score (nSPS) is 12.9. The highest BCUT2D eigenvalue weighted by Crippen LogP contribution is 2.43. The van der Waals surface area contributed by atoms with E-state index >= 15 is 0 Å². The molecule has 0 aromatic heterocycles. The second-order valence-electron chi connectivity index (χ2n) is 7.89. The largest absolute Gasteiger partial charge is 0.507 e. The van der Waals surface area contributed by atoms with Gasteiger partial charge in [0.05, 0.1) is 28.1 Å². The van der Waals surface area contributed by atoms with Crippen LogP contribution in [0.1, 0.15) is 31.8 Å². The second kappa shape index (κ2) is 8.73. The van der Waals surface area contributed by atoms with Crippen molar-refractivity contribution in [1.82, 2.24) is 9.80 Å². The second-order valence-corrected chi connectivity index (χ2v) is 7.89. The molecule has 0 radical (unpaired) electrons. The van der Waals surface area contributed by atoms with E-state index in [9.17, 15) is 19.8 Å². The molecule has 3 rings (SSSR count). The van der Waals surface area contributed by atoms with Gasteiger partial charge in [0.15, 0.2) is 5.78 Å². The molecule has 0 bridgehead atoms. The van der Waals surface area contributed by atoms with Crippen molar-refractivity contribution in [3.05, 3.63) is 46.5 Å². The van der Waals surface area contributed by atoms with Crippen molar-refractivity contribution in [1.29, 1.82) is 0 Å². The fraction of sp³-hybridized carbons (Fsp3) is 0.364. The number of hydrogen-bond donors (Lipinski definition) is 4. The van der Waals surface area contributed by atoms with Crippen LogP contribution >= 0.6 is 0 Å². The Morgan fingerprint density at radius 1 is 0.800 bits per heavy atom. The zero-order valence-corrected chi connectivity index (χ0v) is 17.7. The lowest BCUT2D eigenvalue weighted by atomic mass is 9.81. The van der Waals surface area contributed by atoms with Crippen LogP contribution in [0.2, 0.25) is 0 Å². The van der Waals surface area contributed by atoms with Crippen LogP contribution in [-0.2, 0) is 0 Å². The molecule has 0 unspecified atom stereocenters. The molecule has 1 aliphatic rings. The van der Waals surface area contributed by atoms with Crippen LogP contribution in [0, 0.1) is 0 Å². The zero-order chi connectivity index (χ0) is 22.0. The maximum Gasteiger partial charge on any atom is 0.200 e. The zero-order valence-electron chi connectivity index (χ0n) is 17.7. The van der Waals surface area contributed by atoms with E-state index in [0.29, 0.717) is 31.0 Å². The molecule has 4 N–H and O–H groups in total. The van der Waals surface area contributed by atoms with Crippen molar-refractivity contribution >= 4 is 22.9 Å². The first-order chi connectivity index (χ1) is 14.2. The Hall–Kier alpha value is -3.10. The maximum atomic E-state index is 13.4. The minimum absolute atomic E-state index is 0.0319. The smallest absolute Gasteiger partial charge is 0.200 e. The molecule has 0 heterocycles. The number of fused-ring (bicyclic) bond motifs is 2. The first-order valence-corrected chi connectivity index (χ1v) is 9.81. The number of aromatic hydroxyl groups is 2. The molecule has 0 amide bonds. The quantitative estimate of drug-likeness (QED) is 0.415. The van der Waals surface area contributed by atoms with Gasteiger partial charge >= 0.3 is 0 Å². The van der Waals surface area contributed by atoms with Crippen molar-refractivity contribution in [2.24, 2.45) is 0 Å². The van der Waals surface area contributed by atoms with Crippen molar-refractivity contribution in [2.75, 3.05) is 65.0 Å². The Kier molecular flexibility index (Phi) is 6.28. The van der Waals surface area contributed by atoms with Crippen LogP contribution in [0.15, 0.2) is 24.3 Å². The summed E-state index contributed by atoms with van der Waals surface area (Å²) in [5.41, 5.74) is 1.09. The predicted molar refractivity (Wildman–Crippen MR) is 117 cm³/mol. The van der Waals surface area contributed by atoms with E-state index in [4.69, 9.17) is 0 Å². The van der Waals surface area contributed by atoms with E-state index in [1.54, 1.807) is 0 Å². The van der Waals surface area contributed by atoms with Gasteiger partial charge in [-0.1, -0.05) is 12.1 Å². The molecule has 1 aliphatic carbocycles. The first kappa shape index (κ1) is 21.6. The molecule has 0 spiro atoms. The number of ketones is 2. The topological polar surface area (TPSA) is 105 Å². The summed E-state index contributed by atoms with van der Waals surface area (Å²) in [5.74, 6) is -1.48. The van der Waals surface area contributed by atoms with Crippen molar-refractivity contribution in [3.63, 3.8) is 0 Å². The Morgan fingerprint density at radius 2 is 1.43 bits per heavy atom. The number of carbonyl (C=O) groups is 2. The molecule has 30 heavy (non-hydrogen) atoms. The summed E-state index contributed by atoms with van der Waals surface area (Å²) in [6.07, 6.45) is 0. The summed E-state index contributed by atoms with van der Waals surface area (Å²) in [4.78, 5) is 30.5. The lowest BCUT2D eigenvalue weighted by Gasteiger charge is -2.25. The minimum atomic E-state index is -0.489. The van der Waals surface area contributed by atoms with Gasteiger partial charge in [0.25, 0.3) is 0 Å². The van der Waals surface area contributed by atoms with Gasteiger partial charge in [-0.05, 0) is 34.3 Å². The van der Waals surface area contributed by atoms with Crippen LogP contribution < -0.4 is 10.6 Å². The molecule has 0 fully saturated rings. The summed E-state index contributed by atoms with van der Waals surface area (Å²) in [7, 11) is 7.77. The van der Waals surface area contributed by atoms with Crippen LogP contribution in [-0.4, -0.2) is 85.9 Å². The summed E-state index contributed by atoms with van der Waals surface area (Å²) < 4.78 is 0. The molecule has 160 valence electrons. The number of nitrogens with zero attached hydrogens (tertiary/aromatic N) is 2. The standard InChI is InChI=1S/C22H28N4O4/c1-25(2)10-8-23-14-12-16(28)18-19(20(14)24-9-11-26(3)4)22(30)17-13(21(18)29)6-5-7-15(17)27/h5-7,12,23-24,27-28H,8-11H2,1-4H3. The van der Waals surface area contributed by atoms with Crippen LogP contribution in [0.5, 0.6) is 11.5 Å². The minimum Gasteiger partial charge on any atom is -0.507 e. The first-order valence-electron chi connectivity index (χ1n) is 9.81. The summed E-state index contributed by atoms with van der Waals surface area (Å²) >= 11 is 0. The van der Waals surface area contributed by atoms with Crippen LogP contribution in [0.4, 0.5) is 11.4 Å². The molecular weight excluding hydrogens is 384 g/mol. The summed E-state index contributed by atoms with van der Waals surface area (Å²) in [6, 6.07) is 5.85. The molecule has 0 aliphatic heterocycles. The van der Waals surface area contributed by atoms with Crippen molar-refractivity contribution in [3.8, 4) is 11.5 Å². The highest BCUT2D eigenvalue weighted by atomic mass is 16.3. The highest BCUT2D eigenvalue weighted by Gasteiger charge is 2.37. The molecule has 8 nitrogen and oxygen atoms in total. The summed E-state index contributed by atoms with van der Waals surface area (Å²) in [5, 5.41) is 27.4. The highest BCUT2D eigenvalue weighted by molar-refractivity contribution is 6.32. The van der Waals surface area contributed by atoms with E-state index in [1.165, 1.54) is 24.3 Å². The third-order valence-electron chi connectivity index (χ3n) is 5.01. The van der Waals surface area contributed by atoms with E-state index < -0.39 is 11.6 Å². The van der Waals surface area contributed by atoms with Gasteiger partial charge in [0.2, 0.25) is 5.78 Å². The average molecular weight is 412 g/mol. The fourth-order valence-electron chi connectivity index (χ4n) is 3.50. The number of rotatable bonds is 8. The third kappa shape index (κ3) is 4.10. The molecule has 8 heteroatoms. The predicted octanol–water partition coefficient (Wildman–Crippen LogP) is 1.82. The third-order valence-corrected chi connectivity index (χ3v) is 5.01. The summed E-state index contributed by atoms with van der Waals surface area (Å²) in [6.45, 7) is 2.56. The van der Waals surface area contributed by atoms with E-state index in [-0.39, 0.29) is 33.8 Å². The maximum absolute atomic E-state index is 13.4. The molecule has 0 saturated heterocycles. The van der Waals surface area contributed by atoms with Gasteiger partial charge in [0, 0.05) is 37.8 Å². The Labute approximate surface area is 176 Å². The number of hydrogen-bond acceptors (Lipinski definition) is 8. The number of benzene rings is 2. The molecule has 0 atom stereocenters. The van der Waals surface area contributed by atoms with Crippen molar-refractivity contribution < 1.29 is 19.8 Å². The van der Waals surface area contributed by atoms with Gasteiger partial charge in [-0.2, -0.15) is 0 Å². The number of nitrogens with one attached hydrogen (secondary N) is 2. The van der Waals surface area contributed by atoms with Gasteiger partial charge in [-0.25, -0.2) is 0 Å². The molecular formula is C22H28N4O4. The Morgan fingerprint density at radius 3 is 2.07 bits per heavy atom. The number of carbonyl (C=O) groups excluding carboxylic acids is 2. The van der Waals surface area contributed by atoms with Crippen LogP contribution in [0.3, 0.4) is 0 Å². The Bertz CT molecular complexity index is 986. The van der Waals surface area contributed by atoms with Crippen molar-refractivity contribution in [2.45, 2.75) is 0 Å². The lowest BCUT2D eigenvalue weighted by molar-refractivity contribution is 0.0975. The van der Waals surface area contributed by atoms with Gasteiger partial charge in [0.1, 0.15) is 11.5 Å². The lowest BCUT2D eigenvalue weighted by Crippen LogP contribution is -2.27. The molecule has 0 saturated carbocycles. The van der Waals surface area contributed by atoms with Gasteiger partial charge in [-0.15, -0.1) is 0 Å².